The van der Waals surface area contributed by atoms with Gasteiger partial charge in [-0.05, 0) is 56.3 Å². The Morgan fingerprint density at radius 3 is 2.48 bits per heavy atom. The van der Waals surface area contributed by atoms with Crippen LogP contribution >= 0.6 is 0 Å². The zero-order valence-electron chi connectivity index (χ0n) is 17.9. The van der Waals surface area contributed by atoms with E-state index in [1.807, 2.05) is 0 Å². The fourth-order valence-corrected chi connectivity index (χ4v) is 2.95. The number of esters is 1. The predicted molar refractivity (Wildman–Crippen MR) is 116 cm³/mol. The number of para-hydroxylation sites is 2. The Morgan fingerprint density at radius 1 is 1.12 bits per heavy atom. The lowest BCUT2D eigenvalue weighted by atomic mass is 10.2. The average Bonchev–Trinajstić information content (AvgIpc) is 2.79. The smallest absolute Gasteiger partial charge is 0.338 e. The van der Waals surface area contributed by atoms with E-state index in [4.69, 9.17) is 9.47 Å². The van der Waals surface area contributed by atoms with E-state index in [0.29, 0.717) is 16.9 Å². The van der Waals surface area contributed by atoms with E-state index < -0.39 is 30.5 Å². The number of halogens is 2. The van der Waals surface area contributed by atoms with Crippen LogP contribution in [0.25, 0.3) is 5.69 Å². The van der Waals surface area contributed by atoms with Gasteiger partial charge in [0.15, 0.2) is 0 Å². The van der Waals surface area contributed by atoms with Gasteiger partial charge in [-0.3, -0.25) is 9.59 Å². The number of hydrogen-bond acceptors (Lipinski definition) is 6. The van der Waals surface area contributed by atoms with Crippen LogP contribution in [0.5, 0.6) is 5.75 Å². The first-order chi connectivity index (χ1) is 15.8. The van der Waals surface area contributed by atoms with E-state index in [1.54, 1.807) is 26.0 Å². The molecule has 1 amide bonds. The largest absolute Gasteiger partial charge is 0.485 e. The molecule has 0 saturated heterocycles. The Kier molecular flexibility index (Phi) is 7.50. The van der Waals surface area contributed by atoms with Crippen molar-refractivity contribution in [2.45, 2.75) is 20.3 Å². The number of alkyl halides is 2. The van der Waals surface area contributed by atoms with Gasteiger partial charge in [-0.15, -0.1) is 0 Å². The van der Waals surface area contributed by atoms with Gasteiger partial charge in [0.05, 0.1) is 17.9 Å². The van der Waals surface area contributed by atoms with Crippen molar-refractivity contribution in [2.75, 3.05) is 18.5 Å². The summed E-state index contributed by atoms with van der Waals surface area (Å²) in [5.41, 5.74) is 0.183. The molecule has 33 heavy (non-hydrogen) atoms. The maximum atomic E-state index is 13.0. The molecule has 0 aliphatic heterocycles. The van der Waals surface area contributed by atoms with Crippen molar-refractivity contribution in [1.29, 1.82) is 0 Å². The van der Waals surface area contributed by atoms with E-state index in [9.17, 15) is 23.2 Å². The quantitative estimate of drug-likeness (QED) is 0.519. The zero-order chi connectivity index (χ0) is 24.0. The van der Waals surface area contributed by atoms with E-state index in [1.165, 1.54) is 42.5 Å². The lowest BCUT2D eigenvalue weighted by molar-refractivity contribution is 0.0526. The third-order valence-electron chi connectivity index (χ3n) is 4.39. The second kappa shape index (κ2) is 10.5. The molecule has 2 aromatic carbocycles. The molecule has 0 atom stereocenters. The van der Waals surface area contributed by atoms with Crippen LogP contribution in [0.1, 0.15) is 33.3 Å². The van der Waals surface area contributed by atoms with Gasteiger partial charge in [-0.1, -0.05) is 12.1 Å². The van der Waals surface area contributed by atoms with E-state index in [0.717, 1.165) is 4.68 Å². The first kappa shape index (κ1) is 23.6. The zero-order valence-corrected chi connectivity index (χ0v) is 17.9. The first-order valence-corrected chi connectivity index (χ1v) is 10.00. The molecule has 0 unspecified atom stereocenters. The normalized spacial score (nSPS) is 10.7. The summed E-state index contributed by atoms with van der Waals surface area (Å²) in [6, 6.07) is 13.4. The summed E-state index contributed by atoms with van der Waals surface area (Å²) < 4.78 is 36.1. The maximum Gasteiger partial charge on any atom is 0.338 e. The molecular weight excluding hydrogens is 436 g/mol. The maximum absolute atomic E-state index is 13.0. The van der Waals surface area contributed by atoms with Crippen molar-refractivity contribution in [3.8, 4) is 11.4 Å². The highest BCUT2D eigenvalue weighted by Crippen LogP contribution is 2.21. The number of aromatic nitrogens is 2. The average molecular weight is 457 g/mol. The summed E-state index contributed by atoms with van der Waals surface area (Å²) in [6.07, 6.45) is -2.70. The van der Waals surface area contributed by atoms with Crippen LogP contribution in [-0.2, 0) is 4.74 Å². The van der Waals surface area contributed by atoms with Crippen LogP contribution in [0.15, 0.2) is 59.4 Å². The number of aryl methyl sites for hydroxylation is 1. The van der Waals surface area contributed by atoms with Crippen molar-refractivity contribution in [3.05, 3.63) is 81.8 Å². The van der Waals surface area contributed by atoms with E-state index in [2.05, 4.69) is 10.4 Å². The molecule has 3 aromatic rings. The highest BCUT2D eigenvalue weighted by molar-refractivity contribution is 6.04. The number of ether oxygens (including phenoxy) is 2. The molecule has 1 heterocycles. The van der Waals surface area contributed by atoms with Crippen molar-refractivity contribution in [2.24, 2.45) is 0 Å². The van der Waals surface area contributed by atoms with Crippen LogP contribution in [0.3, 0.4) is 0 Å². The van der Waals surface area contributed by atoms with Gasteiger partial charge in [0.1, 0.15) is 23.6 Å². The monoisotopic (exact) mass is 457 g/mol. The molecule has 0 spiro atoms. The molecular formula is C23H21F2N3O5. The summed E-state index contributed by atoms with van der Waals surface area (Å²) in [5, 5.41) is 6.73. The van der Waals surface area contributed by atoms with Gasteiger partial charge < -0.3 is 14.8 Å². The molecule has 0 saturated carbocycles. The van der Waals surface area contributed by atoms with Crippen LogP contribution in [0.2, 0.25) is 0 Å². The summed E-state index contributed by atoms with van der Waals surface area (Å²) in [6.45, 7) is 2.66. The van der Waals surface area contributed by atoms with Crippen molar-refractivity contribution in [3.63, 3.8) is 0 Å². The molecule has 0 aliphatic rings. The lowest BCUT2D eigenvalue weighted by Gasteiger charge is -2.14. The summed E-state index contributed by atoms with van der Waals surface area (Å²) >= 11 is 0. The summed E-state index contributed by atoms with van der Waals surface area (Å²) in [7, 11) is 0. The standard InChI is InChI=1S/C23H21F2N3O5/c1-3-32-23(31)15-8-10-16(11-9-15)26-21(29)17-12-14(2)27-28(22(17)30)18-6-4-5-7-19(18)33-13-20(24)25/h4-12,20H,3,13H2,1-2H3,(H,26,29). The number of rotatable bonds is 8. The van der Waals surface area contributed by atoms with Crippen molar-refractivity contribution >= 4 is 17.6 Å². The minimum absolute atomic E-state index is 0.0268. The Hall–Kier alpha value is -4.08. The summed E-state index contributed by atoms with van der Waals surface area (Å²) in [4.78, 5) is 37.6. The number of nitrogens with zero attached hydrogens (tertiary/aromatic N) is 2. The summed E-state index contributed by atoms with van der Waals surface area (Å²) in [5.74, 6) is -1.16. The Balaban J connectivity index is 1.90. The Morgan fingerprint density at radius 2 is 1.82 bits per heavy atom. The van der Waals surface area contributed by atoms with Gasteiger partial charge >= 0.3 is 5.97 Å². The molecule has 0 bridgehead atoms. The second-order valence-electron chi connectivity index (χ2n) is 6.84. The highest BCUT2D eigenvalue weighted by Gasteiger charge is 2.18. The van der Waals surface area contributed by atoms with Crippen LogP contribution in [-0.4, -0.2) is 41.3 Å². The molecule has 10 heteroatoms. The minimum atomic E-state index is -2.70. The molecule has 0 aliphatic carbocycles. The van der Waals surface area contributed by atoms with Crippen LogP contribution in [0.4, 0.5) is 14.5 Å². The van der Waals surface area contributed by atoms with Gasteiger partial charge in [0, 0.05) is 5.69 Å². The first-order valence-electron chi connectivity index (χ1n) is 10.00. The topological polar surface area (TPSA) is 99.5 Å². The molecule has 1 N–H and O–H groups in total. The predicted octanol–water partition coefficient (Wildman–Crippen LogP) is 3.61. The lowest BCUT2D eigenvalue weighted by Crippen LogP contribution is -2.31. The Bertz CT molecular complexity index is 1210. The number of amides is 1. The molecule has 3 rings (SSSR count). The minimum Gasteiger partial charge on any atom is -0.485 e. The van der Waals surface area contributed by atoms with Crippen LogP contribution < -0.4 is 15.6 Å². The molecule has 0 fully saturated rings. The number of nitrogens with one attached hydrogen (secondary N) is 1. The number of hydrogen-bond donors (Lipinski definition) is 1. The number of benzene rings is 2. The van der Waals surface area contributed by atoms with E-state index in [-0.39, 0.29) is 23.6 Å². The fourth-order valence-electron chi connectivity index (χ4n) is 2.95. The van der Waals surface area contributed by atoms with Gasteiger partial charge in [-0.25, -0.2) is 13.6 Å². The molecule has 172 valence electrons. The highest BCUT2D eigenvalue weighted by atomic mass is 19.3. The van der Waals surface area contributed by atoms with Gasteiger partial charge in [-0.2, -0.15) is 9.78 Å². The van der Waals surface area contributed by atoms with Crippen LogP contribution in [0, 0.1) is 6.92 Å². The van der Waals surface area contributed by atoms with Crippen molar-refractivity contribution < 1.29 is 27.8 Å². The Labute approximate surface area is 187 Å². The fraction of sp³-hybridized carbons (Fsp3) is 0.217. The third-order valence-corrected chi connectivity index (χ3v) is 4.39. The molecule has 1 aromatic heterocycles. The number of anilines is 1. The second-order valence-corrected chi connectivity index (χ2v) is 6.84. The third kappa shape index (κ3) is 5.79. The van der Waals surface area contributed by atoms with Gasteiger partial charge in [0.25, 0.3) is 17.9 Å². The van der Waals surface area contributed by atoms with Gasteiger partial charge in [0.2, 0.25) is 0 Å². The van der Waals surface area contributed by atoms with E-state index >= 15 is 0 Å². The molecule has 0 radical (unpaired) electrons. The molecule has 8 nitrogen and oxygen atoms in total. The van der Waals surface area contributed by atoms with Crippen molar-refractivity contribution in [1.82, 2.24) is 9.78 Å². The SMILES string of the molecule is CCOC(=O)c1ccc(NC(=O)c2cc(C)nn(-c3ccccc3OCC(F)F)c2=O)cc1. The number of carbonyl (C=O) groups excluding carboxylic acids is 2. The number of carbonyl (C=O) groups is 2.